The summed E-state index contributed by atoms with van der Waals surface area (Å²) in [6, 6.07) is 20.1. The lowest BCUT2D eigenvalue weighted by atomic mass is 10.0. The van der Waals surface area contributed by atoms with E-state index in [1.165, 1.54) is 23.1 Å². The highest BCUT2D eigenvalue weighted by Crippen LogP contribution is 2.23. The Morgan fingerprint density at radius 2 is 1.67 bits per heavy atom. The molecular formula is C29H33ClFN3O4S. The van der Waals surface area contributed by atoms with Gasteiger partial charge < -0.3 is 10.2 Å². The molecule has 0 aromatic heterocycles. The highest BCUT2D eigenvalue weighted by molar-refractivity contribution is 7.92. The summed E-state index contributed by atoms with van der Waals surface area (Å²) in [5.74, 6) is -1.65. The molecule has 0 saturated carbocycles. The summed E-state index contributed by atoms with van der Waals surface area (Å²) in [5, 5.41) is 3.36. The van der Waals surface area contributed by atoms with E-state index in [0.29, 0.717) is 17.0 Å². The third-order valence-corrected chi connectivity index (χ3v) is 7.86. The molecule has 0 heterocycles. The monoisotopic (exact) mass is 573 g/mol. The van der Waals surface area contributed by atoms with Crippen LogP contribution in [0.25, 0.3) is 0 Å². The number of hydrogen-bond donors (Lipinski definition) is 1. The van der Waals surface area contributed by atoms with E-state index in [2.05, 4.69) is 5.32 Å². The molecule has 7 nitrogen and oxygen atoms in total. The molecule has 0 spiro atoms. The highest BCUT2D eigenvalue weighted by Gasteiger charge is 2.33. The molecule has 3 aromatic carbocycles. The Kier molecular flexibility index (Phi) is 10.5. The molecule has 3 rings (SSSR count). The van der Waals surface area contributed by atoms with Crippen LogP contribution in [0, 0.1) is 5.82 Å². The van der Waals surface area contributed by atoms with Crippen molar-refractivity contribution >= 4 is 39.1 Å². The van der Waals surface area contributed by atoms with E-state index >= 15 is 0 Å². The van der Waals surface area contributed by atoms with Crippen molar-refractivity contribution < 1.29 is 22.4 Å². The first kappa shape index (κ1) is 30.1. The van der Waals surface area contributed by atoms with E-state index in [4.69, 9.17) is 11.6 Å². The van der Waals surface area contributed by atoms with E-state index in [0.717, 1.165) is 22.2 Å². The summed E-state index contributed by atoms with van der Waals surface area (Å²) >= 11 is 6.43. The normalized spacial score (nSPS) is 12.8. The van der Waals surface area contributed by atoms with Gasteiger partial charge in [-0.05, 0) is 48.7 Å². The Hall–Kier alpha value is -3.43. The molecule has 0 radical (unpaired) electrons. The minimum Gasteiger partial charge on any atom is -0.352 e. The molecule has 0 aliphatic carbocycles. The number of nitrogens with zero attached hydrogens (tertiary/aromatic N) is 2. The Morgan fingerprint density at radius 3 is 2.28 bits per heavy atom. The van der Waals surface area contributed by atoms with Crippen LogP contribution in [0.2, 0.25) is 5.02 Å². The van der Waals surface area contributed by atoms with E-state index in [1.807, 2.05) is 44.2 Å². The quantitative estimate of drug-likeness (QED) is 0.337. The largest absolute Gasteiger partial charge is 0.352 e. The molecule has 0 fully saturated rings. The molecule has 10 heteroatoms. The van der Waals surface area contributed by atoms with Crippen molar-refractivity contribution in [2.45, 2.75) is 45.3 Å². The molecule has 3 aromatic rings. The zero-order chi connectivity index (χ0) is 28.6. The Labute approximate surface area is 234 Å². The maximum Gasteiger partial charge on any atom is 0.244 e. The highest BCUT2D eigenvalue weighted by atomic mass is 35.5. The predicted molar refractivity (Wildman–Crippen MR) is 152 cm³/mol. The molecule has 2 atom stereocenters. The van der Waals surface area contributed by atoms with Gasteiger partial charge in [-0.3, -0.25) is 13.9 Å². The van der Waals surface area contributed by atoms with Crippen LogP contribution in [0.3, 0.4) is 0 Å². The van der Waals surface area contributed by atoms with Gasteiger partial charge in [0.2, 0.25) is 21.8 Å². The first-order chi connectivity index (χ1) is 18.5. The Balaban J connectivity index is 2.07. The van der Waals surface area contributed by atoms with Crippen molar-refractivity contribution in [1.82, 2.24) is 10.2 Å². The van der Waals surface area contributed by atoms with Gasteiger partial charge in [-0.2, -0.15) is 0 Å². The molecule has 39 heavy (non-hydrogen) atoms. The van der Waals surface area contributed by atoms with Crippen molar-refractivity contribution in [3.05, 3.63) is 101 Å². The molecule has 208 valence electrons. The number of hydrogen-bond acceptors (Lipinski definition) is 4. The SMILES string of the molecule is CC[C@@H](C)NC(=O)[C@H](Cc1ccccc1)N(Cc1ccccc1Cl)C(=O)CN(c1cccc(F)c1)S(C)(=O)=O. The topological polar surface area (TPSA) is 86.8 Å². The third-order valence-electron chi connectivity index (χ3n) is 6.35. The van der Waals surface area contributed by atoms with E-state index in [-0.39, 0.29) is 30.6 Å². The van der Waals surface area contributed by atoms with Gasteiger partial charge in [0, 0.05) is 24.0 Å². The van der Waals surface area contributed by atoms with Gasteiger partial charge in [0.15, 0.2) is 0 Å². The maximum atomic E-state index is 14.0. The van der Waals surface area contributed by atoms with Gasteiger partial charge in [-0.1, -0.05) is 73.1 Å². The van der Waals surface area contributed by atoms with Gasteiger partial charge in [-0.25, -0.2) is 12.8 Å². The summed E-state index contributed by atoms with van der Waals surface area (Å²) in [6.07, 6.45) is 1.82. The summed E-state index contributed by atoms with van der Waals surface area (Å²) < 4.78 is 40.3. The smallest absolute Gasteiger partial charge is 0.244 e. The van der Waals surface area contributed by atoms with Crippen LogP contribution >= 0.6 is 11.6 Å². The number of sulfonamides is 1. The van der Waals surface area contributed by atoms with Crippen molar-refractivity contribution in [1.29, 1.82) is 0 Å². The van der Waals surface area contributed by atoms with Crippen molar-refractivity contribution in [2.24, 2.45) is 0 Å². The minimum absolute atomic E-state index is 0.00668. The Bertz CT molecular complexity index is 1390. The first-order valence-electron chi connectivity index (χ1n) is 12.6. The van der Waals surface area contributed by atoms with Gasteiger partial charge in [0.05, 0.1) is 11.9 Å². The second-order valence-electron chi connectivity index (χ2n) is 9.39. The fraction of sp³-hybridized carbons (Fsp3) is 0.310. The third kappa shape index (κ3) is 8.53. The summed E-state index contributed by atoms with van der Waals surface area (Å²) in [6.45, 7) is 3.14. The lowest BCUT2D eigenvalue weighted by molar-refractivity contribution is -0.140. The van der Waals surface area contributed by atoms with Gasteiger partial charge in [0.1, 0.15) is 18.4 Å². The van der Waals surface area contributed by atoms with Crippen LogP contribution in [0.4, 0.5) is 10.1 Å². The standard InChI is InChI=1S/C29H33ClFN3O4S/c1-4-21(2)32-29(36)27(17-22-11-6-5-7-12-22)33(19-23-13-8-9-16-26(23)30)28(35)20-34(39(3,37)38)25-15-10-14-24(31)18-25/h5-16,18,21,27H,4,17,19-20H2,1-3H3,(H,32,36)/t21-,27+/m1/s1. The number of carbonyl (C=O) groups is 2. The Morgan fingerprint density at radius 1 is 1.00 bits per heavy atom. The minimum atomic E-state index is -3.98. The number of anilines is 1. The molecular weight excluding hydrogens is 541 g/mol. The van der Waals surface area contributed by atoms with E-state index in [9.17, 15) is 22.4 Å². The van der Waals surface area contributed by atoms with Crippen LogP contribution in [-0.2, 0) is 32.6 Å². The van der Waals surface area contributed by atoms with Crippen LogP contribution in [-0.4, -0.2) is 50.0 Å². The van der Waals surface area contributed by atoms with Crippen molar-refractivity contribution in [3.8, 4) is 0 Å². The number of amides is 2. The summed E-state index contributed by atoms with van der Waals surface area (Å²) in [5.41, 5.74) is 1.43. The van der Waals surface area contributed by atoms with Gasteiger partial charge in [0.25, 0.3) is 0 Å². The van der Waals surface area contributed by atoms with Crippen LogP contribution < -0.4 is 9.62 Å². The predicted octanol–water partition coefficient (Wildman–Crippen LogP) is 4.80. The molecule has 0 aliphatic rings. The van der Waals surface area contributed by atoms with Crippen LogP contribution in [0.1, 0.15) is 31.4 Å². The number of benzene rings is 3. The van der Waals surface area contributed by atoms with Crippen LogP contribution in [0.5, 0.6) is 0 Å². The van der Waals surface area contributed by atoms with Crippen molar-refractivity contribution in [2.75, 3.05) is 17.1 Å². The number of nitrogens with one attached hydrogen (secondary N) is 1. The second kappa shape index (κ2) is 13.6. The molecule has 0 saturated heterocycles. The van der Waals surface area contributed by atoms with Crippen LogP contribution in [0.15, 0.2) is 78.9 Å². The molecule has 0 unspecified atom stereocenters. The van der Waals surface area contributed by atoms with E-state index in [1.54, 1.807) is 24.3 Å². The fourth-order valence-corrected chi connectivity index (χ4v) is 5.09. The first-order valence-corrected chi connectivity index (χ1v) is 14.8. The second-order valence-corrected chi connectivity index (χ2v) is 11.7. The summed E-state index contributed by atoms with van der Waals surface area (Å²) in [4.78, 5) is 28.9. The maximum absolute atomic E-state index is 14.0. The zero-order valence-electron chi connectivity index (χ0n) is 22.2. The number of carbonyl (C=O) groups excluding carboxylic acids is 2. The van der Waals surface area contributed by atoms with Gasteiger partial charge >= 0.3 is 0 Å². The molecule has 1 N–H and O–H groups in total. The average molecular weight is 574 g/mol. The molecule has 0 bridgehead atoms. The van der Waals surface area contributed by atoms with E-state index < -0.39 is 34.3 Å². The lowest BCUT2D eigenvalue weighted by Crippen LogP contribution is -2.54. The van der Waals surface area contributed by atoms with Gasteiger partial charge in [-0.15, -0.1) is 0 Å². The summed E-state index contributed by atoms with van der Waals surface area (Å²) in [7, 11) is -3.98. The lowest BCUT2D eigenvalue weighted by Gasteiger charge is -2.34. The molecule has 0 aliphatic heterocycles. The molecule has 2 amide bonds. The zero-order valence-corrected chi connectivity index (χ0v) is 23.8. The fourth-order valence-electron chi connectivity index (χ4n) is 4.05. The van der Waals surface area contributed by atoms with Crippen molar-refractivity contribution in [3.63, 3.8) is 0 Å². The average Bonchev–Trinajstić information content (AvgIpc) is 2.89. The number of halogens is 2. The number of rotatable bonds is 12.